The number of benzene rings is 1. The van der Waals surface area contributed by atoms with Gasteiger partial charge in [-0.05, 0) is 23.1 Å². The Labute approximate surface area is 159 Å². The molecule has 3 rings (SSSR count). The van der Waals surface area contributed by atoms with Crippen LogP contribution in [0.5, 0.6) is 0 Å². The number of H-pyrrole nitrogens is 1. The Kier molecular flexibility index (Phi) is 5.87. The number of aromatic amines is 1. The summed E-state index contributed by atoms with van der Waals surface area (Å²) < 4.78 is 4.81. The first-order chi connectivity index (χ1) is 13.1. The zero-order valence-electron chi connectivity index (χ0n) is 14.7. The Morgan fingerprint density at radius 3 is 2.74 bits per heavy atom. The van der Waals surface area contributed by atoms with Crippen molar-refractivity contribution >= 4 is 40.0 Å². The Bertz CT molecular complexity index is 949. The fraction of sp³-hybridized carbons (Fsp3) is 0.211. The highest BCUT2D eigenvalue weighted by molar-refractivity contribution is 7.12. The average Bonchev–Trinajstić information content (AvgIpc) is 3.35. The van der Waals surface area contributed by atoms with E-state index in [0.717, 1.165) is 16.5 Å². The molecule has 0 unspecified atom stereocenters. The number of aromatic nitrogens is 1. The topological polar surface area (TPSA) is 100 Å². The van der Waals surface area contributed by atoms with Crippen molar-refractivity contribution in [2.45, 2.75) is 12.5 Å². The number of esters is 1. The van der Waals surface area contributed by atoms with Gasteiger partial charge >= 0.3 is 5.97 Å². The van der Waals surface area contributed by atoms with Gasteiger partial charge in [0.25, 0.3) is 5.91 Å². The van der Waals surface area contributed by atoms with Gasteiger partial charge in [-0.25, -0.2) is 4.79 Å². The SMILES string of the molecule is COC(=O)[C@@H](Cc1c[nH]c2ccccc12)NC(=O)CNC(=O)c1cccs1. The van der Waals surface area contributed by atoms with Gasteiger partial charge in [-0.15, -0.1) is 11.3 Å². The molecule has 3 aromatic rings. The predicted octanol–water partition coefficient (Wildman–Crippen LogP) is 1.86. The number of hydrogen-bond acceptors (Lipinski definition) is 5. The number of ether oxygens (including phenoxy) is 1. The van der Waals surface area contributed by atoms with Crippen LogP contribution in [0.4, 0.5) is 0 Å². The molecule has 27 heavy (non-hydrogen) atoms. The van der Waals surface area contributed by atoms with Crippen LogP contribution in [-0.2, 0) is 20.7 Å². The van der Waals surface area contributed by atoms with Crippen molar-refractivity contribution in [2.75, 3.05) is 13.7 Å². The van der Waals surface area contributed by atoms with E-state index in [9.17, 15) is 14.4 Å². The summed E-state index contributed by atoms with van der Waals surface area (Å²) in [6.45, 7) is -0.224. The molecule has 0 saturated heterocycles. The number of nitrogens with one attached hydrogen (secondary N) is 3. The molecule has 0 aliphatic heterocycles. The van der Waals surface area contributed by atoms with E-state index in [1.54, 1.807) is 17.5 Å². The minimum atomic E-state index is -0.847. The van der Waals surface area contributed by atoms with Gasteiger partial charge in [0, 0.05) is 23.5 Å². The highest BCUT2D eigenvalue weighted by atomic mass is 32.1. The molecular weight excluding hydrogens is 366 g/mol. The molecular formula is C19H19N3O4S. The lowest BCUT2D eigenvalue weighted by Crippen LogP contribution is -2.47. The van der Waals surface area contributed by atoms with Crippen LogP contribution < -0.4 is 10.6 Å². The van der Waals surface area contributed by atoms with E-state index in [-0.39, 0.29) is 18.9 Å². The molecule has 1 atom stereocenters. The molecule has 0 fully saturated rings. The number of carbonyl (C=O) groups excluding carboxylic acids is 3. The molecule has 2 aromatic heterocycles. The highest BCUT2D eigenvalue weighted by Gasteiger charge is 2.23. The van der Waals surface area contributed by atoms with Gasteiger partial charge in [-0.2, -0.15) is 0 Å². The van der Waals surface area contributed by atoms with E-state index in [1.165, 1.54) is 18.4 Å². The largest absolute Gasteiger partial charge is 0.467 e. The first-order valence-corrected chi connectivity index (χ1v) is 9.20. The molecule has 0 radical (unpaired) electrons. The molecule has 1 aromatic carbocycles. The molecule has 0 bridgehead atoms. The van der Waals surface area contributed by atoms with Gasteiger partial charge in [-0.3, -0.25) is 9.59 Å². The third kappa shape index (κ3) is 4.53. The lowest BCUT2D eigenvalue weighted by Gasteiger charge is -2.16. The molecule has 0 saturated carbocycles. The van der Waals surface area contributed by atoms with Crippen LogP contribution in [0, 0.1) is 0 Å². The van der Waals surface area contributed by atoms with Gasteiger partial charge in [0.15, 0.2) is 0 Å². The maximum Gasteiger partial charge on any atom is 0.328 e. The Morgan fingerprint density at radius 2 is 2.00 bits per heavy atom. The second-order valence-electron chi connectivity index (χ2n) is 5.87. The third-order valence-corrected chi connectivity index (χ3v) is 4.94. The number of carbonyl (C=O) groups is 3. The molecule has 0 aliphatic rings. The highest BCUT2D eigenvalue weighted by Crippen LogP contribution is 2.19. The number of hydrogen-bond donors (Lipinski definition) is 3. The van der Waals surface area contributed by atoms with Gasteiger partial charge in [0.1, 0.15) is 6.04 Å². The van der Waals surface area contributed by atoms with Crippen molar-refractivity contribution < 1.29 is 19.1 Å². The van der Waals surface area contributed by atoms with Crippen molar-refractivity contribution in [2.24, 2.45) is 0 Å². The van der Waals surface area contributed by atoms with Crippen LogP contribution in [0.1, 0.15) is 15.2 Å². The summed E-state index contributed by atoms with van der Waals surface area (Å²) in [5.74, 6) is -1.33. The van der Waals surface area contributed by atoms with Crippen LogP contribution in [0.25, 0.3) is 10.9 Å². The van der Waals surface area contributed by atoms with Gasteiger partial charge in [0.2, 0.25) is 5.91 Å². The lowest BCUT2D eigenvalue weighted by atomic mass is 10.0. The third-order valence-electron chi connectivity index (χ3n) is 4.07. The van der Waals surface area contributed by atoms with Gasteiger partial charge in [-0.1, -0.05) is 24.3 Å². The maximum atomic E-state index is 12.2. The lowest BCUT2D eigenvalue weighted by molar-refractivity contribution is -0.144. The molecule has 2 heterocycles. The summed E-state index contributed by atoms with van der Waals surface area (Å²) in [5, 5.41) is 7.93. The van der Waals surface area contributed by atoms with E-state index >= 15 is 0 Å². The molecule has 140 valence electrons. The standard InChI is InChI=1S/C19H19N3O4S/c1-26-19(25)15(9-12-10-20-14-6-3-2-5-13(12)14)22-17(23)11-21-18(24)16-7-4-8-27-16/h2-8,10,15,20H,9,11H2,1H3,(H,21,24)(H,22,23)/t15-/m1/s1. The van der Waals surface area contributed by atoms with E-state index in [1.807, 2.05) is 30.5 Å². The zero-order valence-corrected chi connectivity index (χ0v) is 15.5. The van der Waals surface area contributed by atoms with E-state index in [4.69, 9.17) is 4.74 Å². The van der Waals surface area contributed by atoms with Crippen LogP contribution in [0.2, 0.25) is 0 Å². The number of para-hydroxylation sites is 1. The minimum absolute atomic E-state index is 0.224. The number of rotatable bonds is 7. The Hall–Kier alpha value is -3.13. The van der Waals surface area contributed by atoms with E-state index in [2.05, 4.69) is 15.6 Å². The minimum Gasteiger partial charge on any atom is -0.467 e. The number of fused-ring (bicyclic) bond motifs is 1. The second-order valence-corrected chi connectivity index (χ2v) is 6.81. The molecule has 2 amide bonds. The number of amides is 2. The molecule has 7 nitrogen and oxygen atoms in total. The molecule has 0 spiro atoms. The first-order valence-electron chi connectivity index (χ1n) is 8.32. The normalized spacial score (nSPS) is 11.7. The average molecular weight is 385 g/mol. The summed E-state index contributed by atoms with van der Waals surface area (Å²) in [6.07, 6.45) is 2.09. The Morgan fingerprint density at radius 1 is 1.19 bits per heavy atom. The zero-order chi connectivity index (χ0) is 19.2. The Balaban J connectivity index is 1.63. The fourth-order valence-corrected chi connectivity index (χ4v) is 3.40. The smallest absolute Gasteiger partial charge is 0.328 e. The van der Waals surface area contributed by atoms with E-state index in [0.29, 0.717) is 4.88 Å². The summed E-state index contributed by atoms with van der Waals surface area (Å²) >= 11 is 1.29. The summed E-state index contributed by atoms with van der Waals surface area (Å²) in [5.41, 5.74) is 1.84. The van der Waals surface area contributed by atoms with Crippen LogP contribution in [0.3, 0.4) is 0 Å². The van der Waals surface area contributed by atoms with Crippen molar-refractivity contribution in [3.8, 4) is 0 Å². The molecule has 0 aliphatic carbocycles. The van der Waals surface area contributed by atoms with Crippen molar-refractivity contribution in [1.82, 2.24) is 15.6 Å². The fourth-order valence-electron chi connectivity index (χ4n) is 2.76. The van der Waals surface area contributed by atoms with Crippen molar-refractivity contribution in [3.05, 3.63) is 58.4 Å². The number of methoxy groups -OCH3 is 1. The van der Waals surface area contributed by atoms with Gasteiger partial charge < -0.3 is 20.4 Å². The predicted molar refractivity (Wildman–Crippen MR) is 103 cm³/mol. The van der Waals surface area contributed by atoms with Crippen molar-refractivity contribution in [1.29, 1.82) is 0 Å². The summed E-state index contributed by atoms with van der Waals surface area (Å²) in [7, 11) is 1.27. The maximum absolute atomic E-state index is 12.2. The quantitative estimate of drug-likeness (QED) is 0.541. The van der Waals surface area contributed by atoms with Gasteiger partial charge in [0.05, 0.1) is 18.5 Å². The van der Waals surface area contributed by atoms with Crippen LogP contribution in [0.15, 0.2) is 48.0 Å². The summed E-state index contributed by atoms with van der Waals surface area (Å²) in [6, 6.07) is 10.3. The number of thiophene rings is 1. The monoisotopic (exact) mass is 385 g/mol. The van der Waals surface area contributed by atoms with E-state index < -0.39 is 17.9 Å². The first kappa shape index (κ1) is 18.7. The molecule has 3 N–H and O–H groups in total. The molecule has 8 heteroatoms. The van der Waals surface area contributed by atoms with Crippen molar-refractivity contribution in [3.63, 3.8) is 0 Å². The van der Waals surface area contributed by atoms with Crippen LogP contribution >= 0.6 is 11.3 Å². The second kappa shape index (κ2) is 8.50. The summed E-state index contributed by atoms with van der Waals surface area (Å²) in [4.78, 5) is 39.9. The van der Waals surface area contributed by atoms with Crippen LogP contribution in [-0.4, -0.2) is 42.5 Å².